The molecule has 0 atom stereocenters. The van der Waals surface area contributed by atoms with E-state index in [4.69, 9.17) is 0 Å². The second-order valence-corrected chi connectivity index (χ2v) is 4.80. The molecule has 1 amide bonds. The molecule has 4 nitrogen and oxygen atoms in total. The fraction of sp³-hybridized carbons (Fsp3) is 0.636. The van der Waals surface area contributed by atoms with Crippen LogP contribution in [0.5, 0.6) is 0 Å². The van der Waals surface area contributed by atoms with Gasteiger partial charge in [-0.05, 0) is 27.2 Å². The van der Waals surface area contributed by atoms with Crippen molar-refractivity contribution in [2.75, 3.05) is 0 Å². The number of rotatable bonds is 1. The molecule has 15 heavy (non-hydrogen) atoms. The third-order valence-electron chi connectivity index (χ3n) is 2.10. The number of nitrogens with one attached hydrogen (secondary N) is 1. The van der Waals surface area contributed by atoms with E-state index in [2.05, 4.69) is 5.32 Å². The van der Waals surface area contributed by atoms with E-state index in [1.165, 1.54) is 0 Å². The zero-order valence-electron chi connectivity index (χ0n) is 9.39. The summed E-state index contributed by atoms with van der Waals surface area (Å²) in [6.45, 7) is 5.49. The van der Waals surface area contributed by atoms with Gasteiger partial charge in [0.15, 0.2) is 5.78 Å². The summed E-state index contributed by atoms with van der Waals surface area (Å²) < 4.78 is 0. The number of aliphatic hydroxyl groups is 1. The Hall–Kier alpha value is -1.32. The van der Waals surface area contributed by atoms with Crippen molar-refractivity contribution in [3.05, 3.63) is 11.3 Å². The highest BCUT2D eigenvalue weighted by atomic mass is 16.3. The lowest BCUT2D eigenvalue weighted by atomic mass is 9.95. The van der Waals surface area contributed by atoms with Crippen LogP contribution in [0.2, 0.25) is 0 Å². The molecule has 0 aromatic rings. The molecular weight excluding hydrogens is 194 g/mol. The highest BCUT2D eigenvalue weighted by Crippen LogP contribution is 2.20. The van der Waals surface area contributed by atoms with Gasteiger partial charge in [-0.25, -0.2) is 0 Å². The second-order valence-electron chi connectivity index (χ2n) is 4.80. The number of aliphatic hydroxyl groups excluding tert-OH is 1. The molecule has 0 radical (unpaired) electrons. The fourth-order valence-electron chi connectivity index (χ4n) is 1.49. The normalized spacial score (nSPS) is 17.9. The first-order chi connectivity index (χ1) is 6.81. The number of hydrogen-bond acceptors (Lipinski definition) is 3. The Labute approximate surface area is 89.4 Å². The maximum atomic E-state index is 11.7. The van der Waals surface area contributed by atoms with E-state index < -0.39 is 11.4 Å². The SMILES string of the molecule is CC(C)(C)NC(=O)C1=C(O)CCCC1=O. The van der Waals surface area contributed by atoms with E-state index in [0.717, 1.165) is 0 Å². The van der Waals surface area contributed by atoms with Gasteiger partial charge < -0.3 is 10.4 Å². The number of carbonyl (C=O) groups is 2. The first-order valence-corrected chi connectivity index (χ1v) is 5.09. The molecule has 0 aromatic carbocycles. The summed E-state index contributed by atoms with van der Waals surface area (Å²) in [6, 6.07) is 0. The third kappa shape index (κ3) is 3.08. The molecule has 0 spiro atoms. The van der Waals surface area contributed by atoms with Crippen LogP contribution in [0.4, 0.5) is 0 Å². The van der Waals surface area contributed by atoms with E-state index in [-0.39, 0.29) is 17.1 Å². The standard InChI is InChI=1S/C11H17NO3/c1-11(2,3)12-10(15)9-7(13)5-4-6-8(9)14/h13H,4-6H2,1-3H3,(H,12,15). The molecule has 0 fully saturated rings. The average Bonchev–Trinajstić information content (AvgIpc) is 1.99. The molecule has 0 saturated heterocycles. The highest BCUT2D eigenvalue weighted by Gasteiger charge is 2.28. The Balaban J connectivity index is 2.86. The van der Waals surface area contributed by atoms with Crippen LogP contribution in [-0.2, 0) is 9.59 Å². The molecule has 0 unspecified atom stereocenters. The Morgan fingerprint density at radius 3 is 2.40 bits per heavy atom. The highest BCUT2D eigenvalue weighted by molar-refractivity contribution is 6.20. The van der Waals surface area contributed by atoms with Crippen LogP contribution in [0, 0.1) is 0 Å². The lowest BCUT2D eigenvalue weighted by Gasteiger charge is -2.22. The van der Waals surface area contributed by atoms with Crippen LogP contribution >= 0.6 is 0 Å². The van der Waals surface area contributed by atoms with Gasteiger partial charge in [0, 0.05) is 18.4 Å². The Bertz CT molecular complexity index is 323. The minimum absolute atomic E-state index is 0.0591. The van der Waals surface area contributed by atoms with Gasteiger partial charge in [0.1, 0.15) is 11.3 Å². The van der Waals surface area contributed by atoms with Crippen LogP contribution in [0.3, 0.4) is 0 Å². The zero-order valence-corrected chi connectivity index (χ0v) is 9.39. The van der Waals surface area contributed by atoms with Crippen LogP contribution < -0.4 is 5.32 Å². The molecular formula is C11H17NO3. The Morgan fingerprint density at radius 2 is 1.93 bits per heavy atom. The molecule has 0 aliphatic heterocycles. The van der Waals surface area contributed by atoms with Crippen molar-refractivity contribution < 1.29 is 14.7 Å². The third-order valence-corrected chi connectivity index (χ3v) is 2.10. The van der Waals surface area contributed by atoms with Crippen LogP contribution in [-0.4, -0.2) is 22.3 Å². The van der Waals surface area contributed by atoms with Crippen LogP contribution in [0.15, 0.2) is 11.3 Å². The summed E-state index contributed by atoms with van der Waals surface area (Å²) in [5.41, 5.74) is -0.460. The van der Waals surface area contributed by atoms with Crippen molar-refractivity contribution in [1.82, 2.24) is 5.32 Å². The number of ketones is 1. The number of allylic oxidation sites excluding steroid dienone is 1. The quantitative estimate of drug-likeness (QED) is 0.645. The summed E-state index contributed by atoms with van der Waals surface area (Å²) >= 11 is 0. The van der Waals surface area contributed by atoms with E-state index in [0.29, 0.717) is 19.3 Å². The molecule has 1 aliphatic rings. The molecule has 0 heterocycles. The largest absolute Gasteiger partial charge is 0.511 e. The van der Waals surface area contributed by atoms with Crippen molar-refractivity contribution in [3.63, 3.8) is 0 Å². The molecule has 2 N–H and O–H groups in total. The molecule has 0 aromatic heterocycles. The summed E-state index contributed by atoms with van der Waals surface area (Å²) in [5, 5.41) is 12.2. The van der Waals surface area contributed by atoms with Gasteiger partial charge in [0.05, 0.1) is 0 Å². The predicted molar refractivity (Wildman–Crippen MR) is 56.4 cm³/mol. The van der Waals surface area contributed by atoms with Crippen LogP contribution in [0.25, 0.3) is 0 Å². The van der Waals surface area contributed by atoms with E-state index >= 15 is 0 Å². The van der Waals surface area contributed by atoms with Gasteiger partial charge in [-0.15, -0.1) is 0 Å². The van der Waals surface area contributed by atoms with E-state index in [1.807, 2.05) is 20.8 Å². The topological polar surface area (TPSA) is 66.4 Å². The van der Waals surface area contributed by atoms with Crippen molar-refractivity contribution in [2.45, 2.75) is 45.6 Å². The summed E-state index contributed by atoms with van der Waals surface area (Å²) in [7, 11) is 0. The lowest BCUT2D eigenvalue weighted by Crippen LogP contribution is -2.43. The monoisotopic (exact) mass is 211 g/mol. The summed E-state index contributed by atoms with van der Waals surface area (Å²) in [4.78, 5) is 23.1. The maximum Gasteiger partial charge on any atom is 0.258 e. The van der Waals surface area contributed by atoms with Gasteiger partial charge >= 0.3 is 0 Å². The molecule has 1 aliphatic carbocycles. The van der Waals surface area contributed by atoms with Crippen molar-refractivity contribution >= 4 is 11.7 Å². The smallest absolute Gasteiger partial charge is 0.258 e. The number of carbonyl (C=O) groups excluding carboxylic acids is 2. The minimum Gasteiger partial charge on any atom is -0.511 e. The number of Topliss-reactive ketones (excluding diaryl/α,β-unsaturated/α-hetero) is 1. The maximum absolute atomic E-state index is 11.7. The van der Waals surface area contributed by atoms with Gasteiger partial charge in [-0.3, -0.25) is 9.59 Å². The minimum atomic E-state index is -0.468. The first kappa shape index (κ1) is 11.8. The Kier molecular flexibility index (Phi) is 3.17. The predicted octanol–water partition coefficient (Wildman–Crippen LogP) is 1.47. The van der Waals surface area contributed by atoms with Gasteiger partial charge in [0.25, 0.3) is 5.91 Å². The molecule has 1 rings (SSSR count). The van der Waals surface area contributed by atoms with Crippen molar-refractivity contribution in [2.24, 2.45) is 0 Å². The molecule has 0 bridgehead atoms. The van der Waals surface area contributed by atoms with Gasteiger partial charge in [-0.1, -0.05) is 0 Å². The van der Waals surface area contributed by atoms with Crippen molar-refractivity contribution in [1.29, 1.82) is 0 Å². The fourth-order valence-corrected chi connectivity index (χ4v) is 1.49. The van der Waals surface area contributed by atoms with Gasteiger partial charge in [-0.2, -0.15) is 0 Å². The summed E-state index contributed by atoms with van der Waals surface area (Å²) in [5.74, 6) is -0.807. The molecule has 84 valence electrons. The average molecular weight is 211 g/mol. The van der Waals surface area contributed by atoms with Crippen LogP contribution in [0.1, 0.15) is 40.0 Å². The number of amides is 1. The van der Waals surface area contributed by atoms with E-state index in [1.54, 1.807) is 0 Å². The van der Waals surface area contributed by atoms with Crippen molar-refractivity contribution in [3.8, 4) is 0 Å². The summed E-state index contributed by atoms with van der Waals surface area (Å²) in [6.07, 6.45) is 1.38. The number of hydrogen-bond donors (Lipinski definition) is 2. The zero-order chi connectivity index (χ0) is 11.6. The lowest BCUT2D eigenvalue weighted by molar-refractivity contribution is -0.124. The first-order valence-electron chi connectivity index (χ1n) is 5.09. The molecule has 0 saturated carbocycles. The molecule has 4 heteroatoms. The second kappa shape index (κ2) is 4.04. The van der Waals surface area contributed by atoms with Gasteiger partial charge in [0.2, 0.25) is 0 Å². The van der Waals surface area contributed by atoms with E-state index in [9.17, 15) is 14.7 Å². The Morgan fingerprint density at radius 1 is 1.33 bits per heavy atom.